The minimum absolute atomic E-state index is 0.0317. The van der Waals surface area contributed by atoms with E-state index < -0.39 is 60.4 Å². The molecule has 0 fully saturated rings. The highest BCUT2D eigenvalue weighted by Crippen LogP contribution is 2.46. The zero-order chi connectivity index (χ0) is 38.7. The molecule has 0 saturated heterocycles. The first-order valence-corrected chi connectivity index (χ1v) is 12.7. The van der Waals surface area contributed by atoms with E-state index in [1.807, 2.05) is 12.1 Å². The van der Waals surface area contributed by atoms with Gasteiger partial charge in [0, 0.05) is 0 Å². The third kappa shape index (κ3) is 3.54. The SMILES string of the molecule is [2H]c1ccc2c(-c3cccc4c(-c5c([2H])c([2H])c6c([2H])c([2H])c([2H])c([2H])c6c5[2H])cccc34)c3ccc([2H])cc3c(-c3c([2H])c([2H])c([2H])c([2H])c3[2H])c2c1. The Kier molecular flexibility index (Phi) is 2.94. The Morgan fingerprint density at radius 2 is 0.925 bits per heavy atom. The summed E-state index contributed by atoms with van der Waals surface area (Å²) in [5, 5.41) is 2.99. The molecule has 0 aliphatic rings. The van der Waals surface area contributed by atoms with E-state index in [1.165, 1.54) is 0 Å². The van der Waals surface area contributed by atoms with E-state index in [4.69, 9.17) is 17.8 Å². The van der Waals surface area contributed by atoms with Gasteiger partial charge in [0.05, 0.1) is 19.2 Å². The first kappa shape index (κ1) is 12.8. The lowest BCUT2D eigenvalue weighted by Crippen LogP contribution is -1.92. The van der Waals surface area contributed by atoms with Crippen molar-refractivity contribution in [1.82, 2.24) is 0 Å². The predicted molar refractivity (Wildman–Crippen MR) is 173 cm³/mol. The van der Waals surface area contributed by atoms with Crippen molar-refractivity contribution in [2.24, 2.45) is 0 Å². The summed E-state index contributed by atoms with van der Waals surface area (Å²) in [5.74, 6) is 0. The van der Waals surface area contributed by atoms with Gasteiger partial charge in [-0.1, -0.05) is 151 Å². The van der Waals surface area contributed by atoms with Crippen molar-refractivity contribution in [2.75, 3.05) is 0 Å². The van der Waals surface area contributed by atoms with Crippen molar-refractivity contribution in [3.05, 3.63) is 157 Å². The van der Waals surface area contributed by atoms with Crippen LogP contribution in [0.25, 0.3) is 76.5 Å². The van der Waals surface area contributed by atoms with Crippen LogP contribution in [0.3, 0.4) is 0 Å². The van der Waals surface area contributed by atoms with Gasteiger partial charge in [-0.25, -0.2) is 0 Å². The average Bonchev–Trinajstić information content (AvgIpc) is 3.16. The third-order valence-electron chi connectivity index (χ3n) is 7.27. The Morgan fingerprint density at radius 3 is 1.65 bits per heavy atom. The number of fused-ring (bicyclic) bond motifs is 4. The second-order valence-electron chi connectivity index (χ2n) is 9.40. The summed E-state index contributed by atoms with van der Waals surface area (Å²) in [4.78, 5) is 0. The molecular weight excluding hydrogens is 480 g/mol. The Labute approximate surface area is 253 Å². The Bertz CT molecular complexity index is 2900. The van der Waals surface area contributed by atoms with Crippen LogP contribution in [0.2, 0.25) is 0 Å². The fourth-order valence-corrected chi connectivity index (χ4v) is 5.60. The van der Waals surface area contributed by atoms with Crippen LogP contribution < -0.4 is 0 Å². The highest BCUT2D eigenvalue weighted by molar-refractivity contribution is 6.24. The molecule has 0 amide bonds. The lowest BCUT2D eigenvalue weighted by molar-refractivity contribution is 1.65. The highest BCUT2D eigenvalue weighted by Gasteiger charge is 2.18. The van der Waals surface area contributed by atoms with Gasteiger partial charge in [-0.15, -0.1) is 0 Å². The van der Waals surface area contributed by atoms with Crippen LogP contribution in [0, 0.1) is 0 Å². The standard InChI is InChI=1S/C40H26/c1-2-13-28(14-3-1)39-35-16-6-8-18-37(35)40(38-19-9-7-17-36(38)39)34-23-11-21-32-31(20-10-22-33(32)34)30-25-24-27-12-4-5-15-29(27)26-30/h1-26H/i1D,2D,3D,4D,5D,6D,7D,12D,13D,14D,15D,24D,25D,26D. The molecule has 8 aromatic carbocycles. The van der Waals surface area contributed by atoms with Crippen molar-refractivity contribution < 1.29 is 19.2 Å². The van der Waals surface area contributed by atoms with Gasteiger partial charge in [0.1, 0.15) is 0 Å². The molecule has 0 heteroatoms. The minimum atomic E-state index is -0.547. The molecule has 0 atom stereocenters. The first-order chi connectivity index (χ1) is 25.6. The van der Waals surface area contributed by atoms with E-state index >= 15 is 0 Å². The third-order valence-corrected chi connectivity index (χ3v) is 7.27. The van der Waals surface area contributed by atoms with Gasteiger partial charge >= 0.3 is 0 Å². The zero-order valence-corrected chi connectivity index (χ0v) is 20.9. The number of rotatable bonds is 3. The van der Waals surface area contributed by atoms with Crippen LogP contribution in [0.15, 0.2) is 157 Å². The summed E-state index contributed by atoms with van der Waals surface area (Å²) < 4.78 is 120. The molecule has 0 aliphatic heterocycles. The quantitative estimate of drug-likeness (QED) is 0.203. The van der Waals surface area contributed by atoms with Crippen molar-refractivity contribution in [3.63, 3.8) is 0 Å². The largest absolute Gasteiger partial charge is 0.0636 e. The van der Waals surface area contributed by atoms with Gasteiger partial charge in [0.25, 0.3) is 0 Å². The summed E-state index contributed by atoms with van der Waals surface area (Å²) in [6, 6.07) is 15.3. The fourth-order valence-electron chi connectivity index (χ4n) is 5.60. The molecule has 0 N–H and O–H groups in total. The van der Waals surface area contributed by atoms with Gasteiger partial charge in [0.2, 0.25) is 0 Å². The van der Waals surface area contributed by atoms with Gasteiger partial charge in [-0.2, -0.15) is 0 Å². The maximum absolute atomic E-state index is 9.20. The van der Waals surface area contributed by atoms with E-state index in [0.29, 0.717) is 54.6 Å². The summed E-state index contributed by atoms with van der Waals surface area (Å²) in [5.41, 5.74) is 2.03. The van der Waals surface area contributed by atoms with Gasteiger partial charge < -0.3 is 0 Å². The summed E-state index contributed by atoms with van der Waals surface area (Å²) in [6.45, 7) is 0. The highest BCUT2D eigenvalue weighted by atomic mass is 14.2. The Balaban J connectivity index is 1.51. The van der Waals surface area contributed by atoms with Crippen LogP contribution in [-0.4, -0.2) is 0 Å². The number of hydrogen-bond donors (Lipinski definition) is 0. The molecule has 8 aromatic rings. The molecule has 0 saturated carbocycles. The van der Waals surface area contributed by atoms with Crippen LogP contribution in [0.1, 0.15) is 19.2 Å². The molecule has 0 aromatic heterocycles. The molecule has 0 heterocycles. The van der Waals surface area contributed by atoms with Gasteiger partial charge in [-0.05, 0) is 82.5 Å². The van der Waals surface area contributed by atoms with Gasteiger partial charge in [-0.3, -0.25) is 0 Å². The van der Waals surface area contributed by atoms with Crippen molar-refractivity contribution in [3.8, 4) is 33.4 Å². The average molecular weight is 521 g/mol. The molecule has 8 rings (SSSR count). The van der Waals surface area contributed by atoms with E-state index in [-0.39, 0.29) is 46.1 Å². The Hall–Kier alpha value is -5.20. The van der Waals surface area contributed by atoms with Crippen molar-refractivity contribution in [2.45, 2.75) is 0 Å². The molecular formula is C40H26. The van der Waals surface area contributed by atoms with E-state index in [9.17, 15) is 1.37 Å². The number of benzene rings is 8. The van der Waals surface area contributed by atoms with Crippen LogP contribution in [0.4, 0.5) is 0 Å². The van der Waals surface area contributed by atoms with E-state index in [1.54, 1.807) is 60.7 Å². The van der Waals surface area contributed by atoms with Gasteiger partial charge in [0.15, 0.2) is 0 Å². The van der Waals surface area contributed by atoms with Crippen LogP contribution >= 0.6 is 0 Å². The van der Waals surface area contributed by atoms with E-state index in [2.05, 4.69) is 0 Å². The minimum Gasteiger partial charge on any atom is -0.0622 e. The molecule has 0 nitrogen and oxygen atoms in total. The molecule has 0 radical (unpaired) electrons. The van der Waals surface area contributed by atoms with E-state index in [0.717, 1.165) is 0 Å². The fraction of sp³-hybridized carbons (Fsp3) is 0. The second kappa shape index (κ2) is 9.22. The van der Waals surface area contributed by atoms with Crippen LogP contribution in [0.5, 0.6) is 0 Å². The zero-order valence-electron chi connectivity index (χ0n) is 34.9. The Morgan fingerprint density at radius 1 is 0.350 bits per heavy atom. The maximum atomic E-state index is 9.20. The normalized spacial score (nSPS) is 16.4. The molecule has 0 spiro atoms. The molecule has 40 heavy (non-hydrogen) atoms. The topological polar surface area (TPSA) is 0 Å². The predicted octanol–water partition coefficient (Wildman–Crippen LogP) is 11.3. The van der Waals surface area contributed by atoms with Crippen molar-refractivity contribution >= 4 is 43.1 Å². The maximum Gasteiger partial charge on any atom is 0.0636 e. The summed E-state index contributed by atoms with van der Waals surface area (Å²) in [7, 11) is 0. The summed E-state index contributed by atoms with van der Waals surface area (Å²) in [6.07, 6.45) is 0. The lowest BCUT2D eigenvalue weighted by atomic mass is 9.84. The van der Waals surface area contributed by atoms with Crippen molar-refractivity contribution in [1.29, 1.82) is 0 Å². The lowest BCUT2D eigenvalue weighted by Gasteiger charge is -2.19. The molecule has 0 aliphatic carbocycles. The summed E-state index contributed by atoms with van der Waals surface area (Å²) >= 11 is 0. The molecule has 186 valence electrons. The van der Waals surface area contributed by atoms with Crippen LogP contribution in [-0.2, 0) is 0 Å². The molecule has 0 unspecified atom stereocenters. The number of hydrogen-bond acceptors (Lipinski definition) is 0. The smallest absolute Gasteiger partial charge is 0.0622 e. The monoisotopic (exact) mass is 520 g/mol. The first-order valence-electron chi connectivity index (χ1n) is 19.7. The molecule has 0 bridgehead atoms. The second-order valence-corrected chi connectivity index (χ2v) is 9.40.